The van der Waals surface area contributed by atoms with E-state index in [1.54, 1.807) is 6.08 Å². The zero-order valence-corrected chi connectivity index (χ0v) is 9.64. The van der Waals surface area contributed by atoms with Crippen LogP contribution in [-0.2, 0) is 0 Å². The van der Waals surface area contributed by atoms with Crippen LogP contribution in [0, 0.1) is 10.1 Å². The number of hydrogen-bond donors (Lipinski definition) is 0. The third kappa shape index (κ3) is 3.05. The van der Waals surface area contributed by atoms with Crippen LogP contribution >= 0.6 is 35.0 Å². The van der Waals surface area contributed by atoms with Gasteiger partial charge in [0.1, 0.15) is 0 Å². The molecule has 0 aliphatic carbocycles. The van der Waals surface area contributed by atoms with Crippen molar-refractivity contribution in [3.63, 3.8) is 0 Å². The van der Waals surface area contributed by atoms with Crippen molar-refractivity contribution >= 4 is 40.7 Å². The van der Waals surface area contributed by atoms with Crippen molar-refractivity contribution in [2.45, 2.75) is 5.16 Å². The van der Waals surface area contributed by atoms with Crippen molar-refractivity contribution in [1.82, 2.24) is 9.97 Å². The highest BCUT2D eigenvalue weighted by Crippen LogP contribution is 2.31. The lowest BCUT2D eigenvalue weighted by molar-refractivity contribution is -0.385. The molecule has 5 nitrogen and oxygen atoms in total. The molecule has 1 aromatic heterocycles. The van der Waals surface area contributed by atoms with Crippen molar-refractivity contribution in [2.75, 3.05) is 5.75 Å². The Hall–Kier alpha value is -0.850. The summed E-state index contributed by atoms with van der Waals surface area (Å²) in [7, 11) is 0. The molecule has 0 aromatic carbocycles. The van der Waals surface area contributed by atoms with E-state index < -0.39 is 10.6 Å². The third-order valence-electron chi connectivity index (χ3n) is 1.29. The summed E-state index contributed by atoms with van der Waals surface area (Å²) < 4.78 is 0. The molecule has 8 heteroatoms. The Kier molecular flexibility index (Phi) is 4.31. The average Bonchev–Trinajstić information content (AvgIpc) is 2.12. The SMILES string of the molecule is C=CCSc1nc(Cl)c([N+](=O)[O-])c(Cl)n1. The van der Waals surface area contributed by atoms with E-state index in [0.29, 0.717) is 5.75 Å². The quantitative estimate of drug-likeness (QED) is 0.209. The van der Waals surface area contributed by atoms with E-state index in [2.05, 4.69) is 16.5 Å². The molecule has 80 valence electrons. The minimum Gasteiger partial charge on any atom is -0.258 e. The van der Waals surface area contributed by atoms with Crippen LogP contribution < -0.4 is 0 Å². The molecule has 0 aliphatic rings. The van der Waals surface area contributed by atoms with Gasteiger partial charge in [-0.2, -0.15) is 0 Å². The van der Waals surface area contributed by atoms with Gasteiger partial charge < -0.3 is 0 Å². The smallest absolute Gasteiger partial charge is 0.258 e. The van der Waals surface area contributed by atoms with Gasteiger partial charge in [0, 0.05) is 5.75 Å². The maximum Gasteiger partial charge on any atom is 0.343 e. The van der Waals surface area contributed by atoms with Crippen molar-refractivity contribution in [3.05, 3.63) is 33.1 Å². The van der Waals surface area contributed by atoms with Crippen LogP contribution in [0.25, 0.3) is 0 Å². The van der Waals surface area contributed by atoms with E-state index >= 15 is 0 Å². The Morgan fingerprint density at radius 1 is 1.47 bits per heavy atom. The van der Waals surface area contributed by atoms with E-state index in [1.165, 1.54) is 11.8 Å². The molecule has 1 heterocycles. The van der Waals surface area contributed by atoms with Crippen LogP contribution in [0.5, 0.6) is 0 Å². The Morgan fingerprint density at radius 2 is 2.00 bits per heavy atom. The van der Waals surface area contributed by atoms with Crippen molar-refractivity contribution in [3.8, 4) is 0 Å². The first-order chi connectivity index (χ1) is 7.06. The second-order valence-corrected chi connectivity index (χ2v) is 4.00. The minimum absolute atomic E-state index is 0.258. The molecule has 0 saturated heterocycles. The van der Waals surface area contributed by atoms with Crippen LogP contribution in [0.2, 0.25) is 10.3 Å². The second kappa shape index (κ2) is 5.29. The molecule has 0 amide bonds. The number of thioether (sulfide) groups is 1. The second-order valence-electron chi connectivity index (χ2n) is 2.29. The van der Waals surface area contributed by atoms with Crippen molar-refractivity contribution in [2.24, 2.45) is 0 Å². The molecular formula is C7H5Cl2N3O2S. The Labute approximate surface area is 99.7 Å². The molecule has 0 radical (unpaired) electrons. The molecular weight excluding hydrogens is 261 g/mol. The lowest BCUT2D eigenvalue weighted by Crippen LogP contribution is -1.97. The van der Waals surface area contributed by atoms with Gasteiger partial charge in [-0.1, -0.05) is 41.0 Å². The number of hydrogen-bond acceptors (Lipinski definition) is 5. The van der Waals surface area contributed by atoms with Gasteiger partial charge in [0.25, 0.3) is 0 Å². The van der Waals surface area contributed by atoms with Gasteiger partial charge in [-0.15, -0.1) is 6.58 Å². The molecule has 1 rings (SSSR count). The number of halogens is 2. The van der Waals surface area contributed by atoms with Crippen LogP contribution in [0.1, 0.15) is 0 Å². The zero-order valence-electron chi connectivity index (χ0n) is 7.31. The van der Waals surface area contributed by atoms with Crippen molar-refractivity contribution in [1.29, 1.82) is 0 Å². The highest BCUT2D eigenvalue weighted by atomic mass is 35.5. The summed E-state index contributed by atoms with van der Waals surface area (Å²) in [6.45, 7) is 3.52. The molecule has 15 heavy (non-hydrogen) atoms. The van der Waals surface area contributed by atoms with Gasteiger partial charge in [-0.3, -0.25) is 10.1 Å². The van der Waals surface area contributed by atoms with Crippen LogP contribution in [0.4, 0.5) is 5.69 Å². The van der Waals surface area contributed by atoms with E-state index in [4.69, 9.17) is 23.2 Å². The molecule has 0 fully saturated rings. The predicted octanol–water partition coefficient (Wildman–Crippen LogP) is 2.97. The highest BCUT2D eigenvalue weighted by molar-refractivity contribution is 7.99. The largest absolute Gasteiger partial charge is 0.343 e. The van der Waals surface area contributed by atoms with E-state index in [0.717, 1.165) is 0 Å². The molecule has 0 spiro atoms. The van der Waals surface area contributed by atoms with Crippen LogP contribution in [0.3, 0.4) is 0 Å². The maximum atomic E-state index is 10.5. The van der Waals surface area contributed by atoms with Gasteiger partial charge in [-0.05, 0) is 0 Å². The van der Waals surface area contributed by atoms with Crippen LogP contribution in [-0.4, -0.2) is 20.6 Å². The van der Waals surface area contributed by atoms with Gasteiger partial charge in [0.05, 0.1) is 4.92 Å². The summed E-state index contributed by atoms with van der Waals surface area (Å²) in [6, 6.07) is 0. The maximum absolute atomic E-state index is 10.5. The predicted molar refractivity (Wildman–Crippen MR) is 59.6 cm³/mol. The summed E-state index contributed by atoms with van der Waals surface area (Å²) in [6.07, 6.45) is 1.65. The zero-order chi connectivity index (χ0) is 11.4. The van der Waals surface area contributed by atoms with Gasteiger partial charge in [0.15, 0.2) is 5.16 Å². The summed E-state index contributed by atoms with van der Waals surface area (Å²) in [4.78, 5) is 17.3. The summed E-state index contributed by atoms with van der Waals surface area (Å²) in [5.41, 5.74) is -0.471. The number of nitrogens with zero attached hydrogens (tertiary/aromatic N) is 3. The van der Waals surface area contributed by atoms with Gasteiger partial charge in [0.2, 0.25) is 10.3 Å². The molecule has 1 aromatic rings. The fraction of sp³-hybridized carbons (Fsp3) is 0.143. The number of aromatic nitrogens is 2. The first-order valence-electron chi connectivity index (χ1n) is 3.67. The first kappa shape index (κ1) is 12.2. The molecule has 0 atom stereocenters. The monoisotopic (exact) mass is 265 g/mol. The van der Waals surface area contributed by atoms with E-state index in [1.807, 2.05) is 0 Å². The molecule has 0 unspecified atom stereocenters. The number of nitro groups is 1. The molecule has 0 N–H and O–H groups in total. The molecule has 0 bridgehead atoms. The summed E-state index contributed by atoms with van der Waals surface area (Å²) in [5, 5.41) is 10.3. The lowest BCUT2D eigenvalue weighted by atomic mass is 10.5. The summed E-state index contributed by atoms with van der Waals surface area (Å²) >= 11 is 12.4. The molecule has 0 saturated carbocycles. The Balaban J connectivity index is 3.07. The van der Waals surface area contributed by atoms with Gasteiger partial charge in [-0.25, -0.2) is 9.97 Å². The molecule has 0 aliphatic heterocycles. The summed E-state index contributed by atoms with van der Waals surface area (Å²) in [5.74, 6) is 0.574. The highest BCUT2D eigenvalue weighted by Gasteiger charge is 2.21. The topological polar surface area (TPSA) is 68.9 Å². The normalized spacial score (nSPS) is 10.0. The average molecular weight is 266 g/mol. The Bertz CT molecular complexity index is 390. The van der Waals surface area contributed by atoms with Crippen molar-refractivity contribution < 1.29 is 4.92 Å². The van der Waals surface area contributed by atoms with E-state index in [-0.39, 0.29) is 15.5 Å². The third-order valence-corrected chi connectivity index (χ3v) is 2.66. The Morgan fingerprint density at radius 3 is 2.40 bits per heavy atom. The van der Waals surface area contributed by atoms with Crippen LogP contribution in [0.15, 0.2) is 17.8 Å². The van der Waals surface area contributed by atoms with Gasteiger partial charge >= 0.3 is 5.69 Å². The first-order valence-corrected chi connectivity index (χ1v) is 5.41. The number of rotatable bonds is 4. The fourth-order valence-electron chi connectivity index (χ4n) is 0.733. The minimum atomic E-state index is -0.716. The van der Waals surface area contributed by atoms with E-state index in [9.17, 15) is 10.1 Å². The fourth-order valence-corrected chi connectivity index (χ4v) is 1.94. The standard InChI is InChI=1S/C7H5Cl2N3O2S/c1-2-3-15-7-10-5(8)4(12(13)14)6(9)11-7/h2H,1,3H2. The lowest BCUT2D eigenvalue weighted by Gasteiger charge is -2.00.